The van der Waals surface area contributed by atoms with Crippen LogP contribution in [0.3, 0.4) is 0 Å². The van der Waals surface area contributed by atoms with Gasteiger partial charge in [-0.3, -0.25) is 0 Å². The molecule has 0 aliphatic carbocycles. The lowest BCUT2D eigenvalue weighted by Gasteiger charge is -2.37. The molecule has 254 valence electrons. The zero-order valence-electron chi connectivity index (χ0n) is 30.3. The highest BCUT2D eigenvalue weighted by Gasteiger charge is 2.23. The van der Waals surface area contributed by atoms with Crippen molar-refractivity contribution in [2.24, 2.45) is 0 Å². The highest BCUT2D eigenvalue weighted by atomic mass is 31.2. The molecule has 0 aromatic rings. The lowest BCUT2D eigenvalue weighted by atomic mass is 10.2. The molecule has 0 radical (unpaired) electrons. The van der Waals surface area contributed by atoms with Crippen LogP contribution in [-0.2, 0) is 4.57 Å². The van der Waals surface area contributed by atoms with Gasteiger partial charge in [0.05, 0.1) is 78.5 Å². The zero-order valence-corrected chi connectivity index (χ0v) is 31.2. The van der Waals surface area contributed by atoms with Crippen LogP contribution in [0.1, 0.15) is 141 Å². The monoisotopic (exact) mass is 612 g/mol. The largest absolute Gasteiger partial charge is 0.822 e. The van der Waals surface area contributed by atoms with Gasteiger partial charge in [-0.25, -0.2) is 0 Å². The molecule has 0 aromatic heterocycles. The molecule has 0 saturated heterocycles. The minimum Gasteiger partial charge on any atom is -0.822 e. The topological polar surface area (TPSA) is 86.2 Å². The Kier molecular flexibility index (Phi) is 35.1. The van der Waals surface area contributed by atoms with E-state index < -0.39 is 7.82 Å². The first-order valence-electron chi connectivity index (χ1n) is 17.5. The standard InChI is InChI=1S/3C11H26N.H3O4P/c3*1-5-9-12(8-4,10-6-2)11-7-3;1-5(2,3)4/h3*5-11H2,1-4H3;(H3,1,2,3,4)/q3*+1;/p-3. The summed E-state index contributed by atoms with van der Waals surface area (Å²) < 4.78 is 12.6. The first kappa shape index (κ1) is 47.9. The first-order valence-corrected chi connectivity index (χ1v) is 19.0. The number of nitrogens with zero attached hydrogens (tertiary/aromatic N) is 3. The fraction of sp³-hybridized carbons (Fsp3) is 1.00. The highest BCUT2D eigenvalue weighted by Crippen LogP contribution is 2.12. The van der Waals surface area contributed by atoms with E-state index in [1.165, 1.54) is 150 Å². The molecule has 0 N–H and O–H groups in total. The van der Waals surface area contributed by atoms with E-state index in [4.69, 9.17) is 19.2 Å². The fourth-order valence-corrected chi connectivity index (χ4v) is 6.70. The molecule has 8 heteroatoms. The Morgan fingerprint density at radius 3 is 0.488 bits per heavy atom. The maximum absolute atomic E-state index is 8.55. The van der Waals surface area contributed by atoms with Gasteiger partial charge in [0.15, 0.2) is 0 Å². The molecular weight excluding hydrogens is 533 g/mol. The third-order valence-corrected chi connectivity index (χ3v) is 8.29. The number of hydrogen-bond donors (Lipinski definition) is 0. The first-order chi connectivity index (χ1) is 19.2. The third-order valence-electron chi connectivity index (χ3n) is 8.29. The second kappa shape index (κ2) is 30.0. The van der Waals surface area contributed by atoms with Crippen LogP contribution in [0, 0.1) is 0 Å². The predicted octanol–water partition coefficient (Wildman–Crippen LogP) is 6.33. The van der Waals surface area contributed by atoms with Gasteiger partial charge in [-0.1, -0.05) is 62.3 Å². The van der Waals surface area contributed by atoms with Gasteiger partial charge >= 0.3 is 0 Å². The van der Waals surface area contributed by atoms with Gasteiger partial charge in [0.25, 0.3) is 0 Å². The molecule has 0 fully saturated rings. The van der Waals surface area contributed by atoms with E-state index >= 15 is 0 Å². The Hall–Kier alpha value is -0.0100. The van der Waals surface area contributed by atoms with Crippen molar-refractivity contribution in [1.82, 2.24) is 0 Å². The van der Waals surface area contributed by atoms with Crippen LogP contribution < -0.4 is 14.7 Å². The Morgan fingerprint density at radius 1 is 0.341 bits per heavy atom. The molecule has 0 aliphatic heterocycles. The van der Waals surface area contributed by atoms with Gasteiger partial charge in [-0.2, -0.15) is 7.82 Å². The van der Waals surface area contributed by atoms with Gasteiger partial charge in [0, 0.05) is 0 Å². The summed E-state index contributed by atoms with van der Waals surface area (Å²) in [6, 6.07) is 0. The predicted molar refractivity (Wildman–Crippen MR) is 176 cm³/mol. The molecule has 0 rings (SSSR count). The van der Waals surface area contributed by atoms with Gasteiger partial charge in [0.1, 0.15) is 0 Å². The summed E-state index contributed by atoms with van der Waals surface area (Å²) in [7, 11) is -5.39. The Morgan fingerprint density at radius 2 is 0.439 bits per heavy atom. The molecule has 0 unspecified atom stereocenters. The van der Waals surface area contributed by atoms with Gasteiger partial charge in [-0.15, -0.1) is 0 Å². The zero-order chi connectivity index (χ0) is 32.8. The van der Waals surface area contributed by atoms with Gasteiger partial charge in [0.2, 0.25) is 0 Å². The average Bonchev–Trinajstić information content (AvgIpc) is 2.89. The molecule has 0 bridgehead atoms. The minimum absolute atomic E-state index is 1.32. The number of phosphoric acid groups is 1. The molecular formula is C33H78N3O4P. The second-order valence-electron chi connectivity index (χ2n) is 11.9. The summed E-state index contributed by atoms with van der Waals surface area (Å²) in [6.45, 7) is 44.0. The van der Waals surface area contributed by atoms with E-state index in [0.29, 0.717) is 0 Å². The van der Waals surface area contributed by atoms with Crippen molar-refractivity contribution < 1.29 is 32.7 Å². The van der Waals surface area contributed by atoms with Crippen LogP contribution in [0.2, 0.25) is 0 Å². The van der Waals surface area contributed by atoms with Crippen molar-refractivity contribution in [2.45, 2.75) is 141 Å². The van der Waals surface area contributed by atoms with Crippen LogP contribution in [-0.4, -0.2) is 92.0 Å². The van der Waals surface area contributed by atoms with Crippen molar-refractivity contribution in [3.63, 3.8) is 0 Å². The van der Waals surface area contributed by atoms with Crippen molar-refractivity contribution in [2.75, 3.05) is 78.5 Å². The maximum atomic E-state index is 8.55. The number of quaternary nitrogens is 3. The Bertz CT molecular complexity index is 452. The molecule has 0 aromatic carbocycles. The summed E-state index contributed by atoms with van der Waals surface area (Å²) in [6.07, 6.45) is 11.9. The van der Waals surface area contributed by atoms with Crippen molar-refractivity contribution >= 4 is 7.82 Å². The van der Waals surface area contributed by atoms with Crippen LogP contribution in [0.4, 0.5) is 0 Å². The normalized spacial score (nSPS) is 12.0. The van der Waals surface area contributed by atoms with E-state index in [9.17, 15) is 0 Å². The van der Waals surface area contributed by atoms with E-state index in [1.807, 2.05) is 0 Å². The maximum Gasteiger partial charge on any atom is 0.0783 e. The molecule has 41 heavy (non-hydrogen) atoms. The van der Waals surface area contributed by atoms with Crippen LogP contribution in [0.25, 0.3) is 0 Å². The van der Waals surface area contributed by atoms with Gasteiger partial charge < -0.3 is 32.7 Å². The summed E-state index contributed by atoms with van der Waals surface area (Å²) >= 11 is 0. The van der Waals surface area contributed by atoms with Crippen molar-refractivity contribution in [3.05, 3.63) is 0 Å². The van der Waals surface area contributed by atoms with E-state index in [0.717, 1.165) is 0 Å². The Labute approximate surface area is 259 Å². The van der Waals surface area contributed by atoms with Crippen LogP contribution in [0.5, 0.6) is 0 Å². The summed E-state index contributed by atoms with van der Waals surface area (Å²) in [5, 5.41) is 0. The SMILES string of the molecule is CCC[N+](CC)(CCC)CCC.CCC[N+](CC)(CCC)CCC.CCC[N+](CC)(CCC)CCC.O=P([O-])([O-])[O-]. The lowest BCUT2D eigenvalue weighted by molar-refractivity contribution is -0.926. The average molecular weight is 612 g/mol. The minimum atomic E-state index is -5.39. The second-order valence-corrected chi connectivity index (χ2v) is 12.8. The smallest absolute Gasteiger partial charge is 0.0783 e. The fourth-order valence-electron chi connectivity index (χ4n) is 6.70. The van der Waals surface area contributed by atoms with Crippen molar-refractivity contribution in [1.29, 1.82) is 0 Å². The number of hydrogen-bond acceptors (Lipinski definition) is 4. The summed E-state index contributed by atoms with van der Waals surface area (Å²) in [5.41, 5.74) is 0. The highest BCUT2D eigenvalue weighted by molar-refractivity contribution is 7.40. The molecule has 0 aliphatic rings. The van der Waals surface area contributed by atoms with E-state index in [1.54, 1.807) is 0 Å². The lowest BCUT2D eigenvalue weighted by Crippen LogP contribution is -2.49. The molecule has 0 heterocycles. The van der Waals surface area contributed by atoms with Crippen molar-refractivity contribution in [3.8, 4) is 0 Å². The molecule has 0 amide bonds. The Balaban J connectivity index is -0.000000231. The third kappa shape index (κ3) is 28.5. The van der Waals surface area contributed by atoms with Crippen LogP contribution >= 0.6 is 7.82 Å². The number of rotatable bonds is 21. The quantitative estimate of drug-likeness (QED) is 0.112. The van der Waals surface area contributed by atoms with Gasteiger partial charge in [-0.05, 0) is 78.6 Å². The summed E-state index contributed by atoms with van der Waals surface area (Å²) in [5.74, 6) is 0. The van der Waals surface area contributed by atoms with Crippen LogP contribution in [0.15, 0.2) is 0 Å². The molecule has 0 atom stereocenters. The van der Waals surface area contributed by atoms with E-state index in [2.05, 4.69) is 83.1 Å². The van der Waals surface area contributed by atoms with E-state index in [-0.39, 0.29) is 0 Å². The summed E-state index contributed by atoms with van der Waals surface area (Å²) in [4.78, 5) is 25.6. The molecule has 0 saturated carbocycles. The molecule has 7 nitrogen and oxygen atoms in total. The molecule has 0 spiro atoms.